The van der Waals surface area contributed by atoms with Gasteiger partial charge >= 0.3 is 0 Å². The van der Waals surface area contributed by atoms with Gasteiger partial charge in [0, 0.05) is 12.2 Å². The SMILES string of the molecule is CCCCNS(=O)(=O)c1ccc(NC(=O)C(CC)Oc2ccccc2)cc1. The maximum atomic E-state index is 12.4. The van der Waals surface area contributed by atoms with Crippen LogP contribution in [0.2, 0.25) is 0 Å². The summed E-state index contributed by atoms with van der Waals surface area (Å²) in [5.41, 5.74) is 0.516. The number of ether oxygens (including phenoxy) is 1. The van der Waals surface area contributed by atoms with E-state index in [0.29, 0.717) is 24.4 Å². The molecule has 7 heteroatoms. The van der Waals surface area contributed by atoms with E-state index in [0.717, 1.165) is 12.8 Å². The molecule has 0 aliphatic rings. The Morgan fingerprint density at radius 3 is 2.30 bits per heavy atom. The lowest BCUT2D eigenvalue weighted by Crippen LogP contribution is -2.32. The number of carbonyl (C=O) groups is 1. The minimum Gasteiger partial charge on any atom is -0.481 e. The third kappa shape index (κ3) is 6.37. The number of anilines is 1. The molecule has 146 valence electrons. The number of carbonyl (C=O) groups excluding carboxylic acids is 1. The molecule has 1 atom stereocenters. The Bertz CT molecular complexity index is 821. The van der Waals surface area contributed by atoms with E-state index in [4.69, 9.17) is 4.74 Å². The Hall–Kier alpha value is -2.38. The van der Waals surface area contributed by atoms with Crippen molar-refractivity contribution in [1.29, 1.82) is 0 Å². The molecule has 2 rings (SSSR count). The number of hydrogen-bond donors (Lipinski definition) is 2. The van der Waals surface area contributed by atoms with Crippen LogP contribution in [0.4, 0.5) is 5.69 Å². The highest BCUT2D eigenvalue weighted by Gasteiger charge is 2.19. The minimum atomic E-state index is -3.53. The van der Waals surface area contributed by atoms with Crippen molar-refractivity contribution in [2.75, 3.05) is 11.9 Å². The van der Waals surface area contributed by atoms with Gasteiger partial charge < -0.3 is 10.1 Å². The molecule has 0 bridgehead atoms. The monoisotopic (exact) mass is 390 g/mol. The molecule has 1 unspecified atom stereocenters. The Labute approximate surface area is 161 Å². The van der Waals surface area contributed by atoms with Crippen LogP contribution in [0.1, 0.15) is 33.1 Å². The fourth-order valence-corrected chi connectivity index (χ4v) is 3.47. The summed E-state index contributed by atoms with van der Waals surface area (Å²) in [5, 5.41) is 2.76. The highest BCUT2D eigenvalue weighted by Crippen LogP contribution is 2.17. The maximum absolute atomic E-state index is 12.4. The third-order valence-corrected chi connectivity index (χ3v) is 5.42. The van der Waals surface area contributed by atoms with Crippen molar-refractivity contribution in [3.05, 3.63) is 54.6 Å². The van der Waals surface area contributed by atoms with Crippen LogP contribution in [-0.2, 0) is 14.8 Å². The van der Waals surface area contributed by atoms with E-state index in [1.54, 1.807) is 24.3 Å². The van der Waals surface area contributed by atoms with Gasteiger partial charge in [-0.1, -0.05) is 38.5 Å². The molecule has 0 fully saturated rings. The van der Waals surface area contributed by atoms with Crippen LogP contribution in [-0.4, -0.2) is 27.0 Å². The lowest BCUT2D eigenvalue weighted by atomic mass is 10.2. The summed E-state index contributed by atoms with van der Waals surface area (Å²) in [6.45, 7) is 4.27. The highest BCUT2D eigenvalue weighted by molar-refractivity contribution is 7.89. The summed E-state index contributed by atoms with van der Waals surface area (Å²) >= 11 is 0. The number of hydrogen-bond acceptors (Lipinski definition) is 4. The molecular formula is C20H26N2O4S. The summed E-state index contributed by atoms with van der Waals surface area (Å²) in [4.78, 5) is 12.6. The van der Waals surface area contributed by atoms with Gasteiger partial charge in [0.15, 0.2) is 6.10 Å². The van der Waals surface area contributed by atoms with Crippen LogP contribution in [0, 0.1) is 0 Å². The van der Waals surface area contributed by atoms with Crippen LogP contribution in [0.3, 0.4) is 0 Å². The molecule has 0 aliphatic carbocycles. The number of para-hydroxylation sites is 1. The standard InChI is InChI=1S/C20H26N2O4S/c1-3-5-15-21-27(24,25)18-13-11-16(12-14-18)22-20(23)19(4-2)26-17-9-7-6-8-10-17/h6-14,19,21H,3-5,15H2,1-2H3,(H,22,23). The van der Waals surface area contributed by atoms with Crippen LogP contribution < -0.4 is 14.8 Å². The average Bonchev–Trinajstić information content (AvgIpc) is 2.67. The second kappa shape index (κ2) is 10.1. The van der Waals surface area contributed by atoms with Crippen molar-refractivity contribution in [3.63, 3.8) is 0 Å². The molecule has 2 aromatic rings. The summed E-state index contributed by atoms with van der Waals surface area (Å²) in [6.07, 6.45) is 1.57. The summed E-state index contributed by atoms with van der Waals surface area (Å²) in [6, 6.07) is 15.2. The van der Waals surface area contributed by atoms with E-state index >= 15 is 0 Å². The predicted molar refractivity (Wildman–Crippen MR) is 106 cm³/mol. The molecule has 6 nitrogen and oxygen atoms in total. The second-order valence-electron chi connectivity index (χ2n) is 6.09. The fraction of sp³-hybridized carbons (Fsp3) is 0.350. The van der Waals surface area contributed by atoms with Gasteiger partial charge in [-0.15, -0.1) is 0 Å². The summed E-state index contributed by atoms with van der Waals surface area (Å²) in [5.74, 6) is 0.345. The first-order valence-electron chi connectivity index (χ1n) is 9.08. The average molecular weight is 391 g/mol. The van der Waals surface area contributed by atoms with Gasteiger partial charge in [-0.05, 0) is 49.2 Å². The van der Waals surface area contributed by atoms with E-state index in [1.165, 1.54) is 12.1 Å². The Morgan fingerprint density at radius 2 is 1.70 bits per heavy atom. The molecule has 27 heavy (non-hydrogen) atoms. The highest BCUT2D eigenvalue weighted by atomic mass is 32.2. The molecule has 1 amide bonds. The number of sulfonamides is 1. The van der Waals surface area contributed by atoms with E-state index in [1.807, 2.05) is 32.0 Å². The number of rotatable bonds is 10. The first-order valence-corrected chi connectivity index (χ1v) is 10.6. The zero-order chi connectivity index (χ0) is 19.7. The van der Waals surface area contributed by atoms with E-state index in [2.05, 4.69) is 10.0 Å². The van der Waals surface area contributed by atoms with Gasteiger partial charge in [-0.3, -0.25) is 4.79 Å². The van der Waals surface area contributed by atoms with Crippen molar-refractivity contribution in [2.45, 2.75) is 44.1 Å². The first-order chi connectivity index (χ1) is 13.0. The molecule has 0 spiro atoms. The predicted octanol–water partition coefficient (Wildman–Crippen LogP) is 3.56. The van der Waals surface area contributed by atoms with Gasteiger partial charge in [-0.25, -0.2) is 13.1 Å². The first kappa shape index (κ1) is 20.9. The Kier molecular flexibility index (Phi) is 7.82. The van der Waals surface area contributed by atoms with Crippen LogP contribution in [0.5, 0.6) is 5.75 Å². The second-order valence-corrected chi connectivity index (χ2v) is 7.86. The van der Waals surface area contributed by atoms with Crippen molar-refractivity contribution >= 4 is 21.6 Å². The molecular weight excluding hydrogens is 364 g/mol. The molecule has 0 heterocycles. The number of amides is 1. The third-order valence-electron chi connectivity index (χ3n) is 3.94. The smallest absolute Gasteiger partial charge is 0.265 e. The zero-order valence-corrected chi connectivity index (χ0v) is 16.5. The number of nitrogens with one attached hydrogen (secondary N) is 2. The van der Waals surface area contributed by atoms with Crippen LogP contribution in [0.25, 0.3) is 0 Å². The largest absolute Gasteiger partial charge is 0.481 e. The van der Waals surface area contributed by atoms with Crippen molar-refractivity contribution in [1.82, 2.24) is 4.72 Å². The lowest BCUT2D eigenvalue weighted by molar-refractivity contribution is -0.122. The van der Waals surface area contributed by atoms with Gasteiger partial charge in [0.1, 0.15) is 5.75 Å². The van der Waals surface area contributed by atoms with Crippen molar-refractivity contribution < 1.29 is 17.9 Å². The molecule has 0 aliphatic heterocycles. The molecule has 2 N–H and O–H groups in total. The normalized spacial score (nSPS) is 12.4. The Morgan fingerprint density at radius 1 is 1.04 bits per heavy atom. The maximum Gasteiger partial charge on any atom is 0.265 e. The molecule has 0 radical (unpaired) electrons. The lowest BCUT2D eigenvalue weighted by Gasteiger charge is -2.17. The Balaban J connectivity index is 1.99. The molecule has 0 aromatic heterocycles. The molecule has 2 aromatic carbocycles. The van der Waals surface area contributed by atoms with Crippen molar-refractivity contribution in [3.8, 4) is 5.75 Å². The molecule has 0 saturated carbocycles. The van der Waals surface area contributed by atoms with Gasteiger partial charge in [0.2, 0.25) is 10.0 Å². The van der Waals surface area contributed by atoms with Gasteiger partial charge in [0.05, 0.1) is 4.90 Å². The quantitative estimate of drug-likeness (QED) is 0.608. The zero-order valence-electron chi connectivity index (χ0n) is 15.6. The van der Waals surface area contributed by atoms with E-state index in [-0.39, 0.29) is 10.8 Å². The van der Waals surface area contributed by atoms with Gasteiger partial charge in [0.25, 0.3) is 5.91 Å². The summed E-state index contributed by atoms with van der Waals surface area (Å²) in [7, 11) is -3.53. The van der Waals surface area contributed by atoms with Gasteiger partial charge in [-0.2, -0.15) is 0 Å². The van der Waals surface area contributed by atoms with E-state index in [9.17, 15) is 13.2 Å². The number of benzene rings is 2. The number of unbranched alkanes of at least 4 members (excludes halogenated alkanes) is 1. The topological polar surface area (TPSA) is 84.5 Å². The van der Waals surface area contributed by atoms with Crippen LogP contribution in [0.15, 0.2) is 59.5 Å². The van der Waals surface area contributed by atoms with Crippen molar-refractivity contribution in [2.24, 2.45) is 0 Å². The van der Waals surface area contributed by atoms with Crippen LogP contribution >= 0.6 is 0 Å². The van der Waals surface area contributed by atoms with E-state index < -0.39 is 16.1 Å². The minimum absolute atomic E-state index is 0.171. The fourth-order valence-electron chi connectivity index (χ4n) is 2.39. The summed E-state index contributed by atoms with van der Waals surface area (Å²) < 4.78 is 32.6. The molecule has 0 saturated heterocycles.